The molecule has 1 aromatic carbocycles. The number of aliphatic imine (C=N–C) groups is 1. The number of para-hydroxylation sites is 1. The van der Waals surface area contributed by atoms with Crippen molar-refractivity contribution in [3.63, 3.8) is 0 Å². The van der Waals surface area contributed by atoms with Gasteiger partial charge >= 0.3 is 0 Å². The Bertz CT molecular complexity index is 886. The van der Waals surface area contributed by atoms with Crippen LogP contribution in [0.4, 0.5) is 5.69 Å². The molecule has 1 saturated carbocycles. The van der Waals surface area contributed by atoms with Crippen molar-refractivity contribution in [2.24, 2.45) is 4.99 Å². The van der Waals surface area contributed by atoms with E-state index in [0.29, 0.717) is 11.1 Å². The van der Waals surface area contributed by atoms with E-state index in [1.54, 1.807) is 13.1 Å². The molecule has 0 radical (unpaired) electrons. The molecule has 3 rings (SSSR count). The molecule has 0 unspecified atom stereocenters. The lowest BCUT2D eigenvalue weighted by Gasteiger charge is -2.26. The predicted octanol–water partition coefficient (Wildman–Crippen LogP) is 3.99. The molecule has 1 heterocycles. The van der Waals surface area contributed by atoms with Crippen LogP contribution >= 0.6 is 0 Å². The molecule has 1 aliphatic carbocycles. The van der Waals surface area contributed by atoms with Crippen molar-refractivity contribution in [2.45, 2.75) is 45.1 Å². The van der Waals surface area contributed by atoms with Crippen molar-refractivity contribution in [1.29, 1.82) is 5.26 Å². The van der Waals surface area contributed by atoms with Crippen LogP contribution in [0.25, 0.3) is 0 Å². The van der Waals surface area contributed by atoms with Crippen molar-refractivity contribution in [1.82, 2.24) is 4.57 Å². The lowest BCUT2D eigenvalue weighted by Crippen LogP contribution is -2.30. The fourth-order valence-electron chi connectivity index (χ4n) is 3.43. The Balaban J connectivity index is 2.13. The number of aromatic nitrogens is 1. The zero-order valence-electron chi connectivity index (χ0n) is 14.3. The van der Waals surface area contributed by atoms with Crippen LogP contribution in [-0.4, -0.2) is 15.9 Å². The van der Waals surface area contributed by atoms with Crippen molar-refractivity contribution in [2.75, 3.05) is 0 Å². The minimum atomic E-state index is -0.402. The summed E-state index contributed by atoms with van der Waals surface area (Å²) in [5.41, 5.74) is 1.33. The first kappa shape index (κ1) is 17.0. The van der Waals surface area contributed by atoms with Crippen LogP contribution in [0.3, 0.4) is 0 Å². The quantitative estimate of drug-likeness (QED) is 0.861. The van der Waals surface area contributed by atoms with Gasteiger partial charge in [0, 0.05) is 12.3 Å². The summed E-state index contributed by atoms with van der Waals surface area (Å²) in [6.45, 7) is 1.68. The number of pyridine rings is 1. The molecule has 0 spiro atoms. The largest absolute Gasteiger partial charge is 0.494 e. The molecular weight excluding hydrogens is 314 g/mol. The van der Waals surface area contributed by atoms with Crippen LogP contribution in [0.15, 0.2) is 40.1 Å². The molecule has 1 fully saturated rings. The minimum Gasteiger partial charge on any atom is -0.494 e. The van der Waals surface area contributed by atoms with Crippen LogP contribution in [0.1, 0.15) is 54.8 Å². The van der Waals surface area contributed by atoms with E-state index in [2.05, 4.69) is 4.99 Å². The number of aromatic hydroxyl groups is 1. The van der Waals surface area contributed by atoms with Gasteiger partial charge < -0.3 is 5.11 Å². The SMILES string of the molecule is Cc1c(C=Nc2ccccc2)c(O)n(C2CCCCC2)c(=O)c1C#N. The van der Waals surface area contributed by atoms with E-state index in [1.165, 1.54) is 4.57 Å². The van der Waals surface area contributed by atoms with Gasteiger partial charge in [0.1, 0.15) is 11.6 Å². The van der Waals surface area contributed by atoms with Crippen molar-refractivity contribution in [3.8, 4) is 11.9 Å². The highest BCUT2D eigenvalue weighted by atomic mass is 16.3. The topological polar surface area (TPSA) is 78.4 Å². The molecular formula is C20H21N3O2. The fourth-order valence-corrected chi connectivity index (χ4v) is 3.43. The van der Waals surface area contributed by atoms with Crippen LogP contribution in [0, 0.1) is 18.3 Å². The molecule has 5 nitrogen and oxygen atoms in total. The molecule has 25 heavy (non-hydrogen) atoms. The Labute approximate surface area is 146 Å². The third kappa shape index (κ3) is 3.34. The van der Waals surface area contributed by atoms with Crippen LogP contribution in [-0.2, 0) is 0 Å². The number of benzene rings is 1. The number of nitriles is 1. The summed E-state index contributed by atoms with van der Waals surface area (Å²) in [6, 6.07) is 11.3. The highest BCUT2D eigenvalue weighted by molar-refractivity contribution is 5.87. The highest BCUT2D eigenvalue weighted by Gasteiger charge is 2.24. The second-order valence-electron chi connectivity index (χ2n) is 6.41. The van der Waals surface area contributed by atoms with Crippen molar-refractivity contribution >= 4 is 11.9 Å². The molecule has 0 aliphatic heterocycles. The standard InChI is InChI=1S/C20H21N3O2/c1-14-17(12-21)19(24)23(16-10-6-3-7-11-16)20(25)18(14)13-22-15-8-4-2-5-9-15/h2,4-5,8-9,13,16,25H,3,6-7,10-11H2,1H3. The number of hydrogen-bond donors (Lipinski definition) is 1. The molecule has 1 aromatic heterocycles. The molecule has 2 aromatic rings. The van der Waals surface area contributed by atoms with E-state index < -0.39 is 5.56 Å². The van der Waals surface area contributed by atoms with Gasteiger partial charge in [-0.1, -0.05) is 37.5 Å². The molecule has 0 saturated heterocycles. The summed E-state index contributed by atoms with van der Waals surface area (Å²) in [5.74, 6) is -0.0897. The van der Waals surface area contributed by atoms with E-state index in [0.717, 1.165) is 37.8 Å². The predicted molar refractivity (Wildman–Crippen MR) is 97.6 cm³/mol. The maximum absolute atomic E-state index is 12.7. The van der Waals surface area contributed by atoms with E-state index in [4.69, 9.17) is 0 Å². The van der Waals surface area contributed by atoms with Crippen molar-refractivity contribution in [3.05, 3.63) is 57.4 Å². The van der Waals surface area contributed by atoms with Gasteiger partial charge in [-0.15, -0.1) is 0 Å². The summed E-state index contributed by atoms with van der Waals surface area (Å²) in [7, 11) is 0. The Morgan fingerprint density at radius 3 is 2.56 bits per heavy atom. The average molecular weight is 335 g/mol. The third-order valence-corrected chi connectivity index (χ3v) is 4.83. The van der Waals surface area contributed by atoms with Gasteiger partial charge in [-0.25, -0.2) is 0 Å². The van der Waals surface area contributed by atoms with Gasteiger partial charge in [0.25, 0.3) is 5.56 Å². The maximum atomic E-state index is 12.7. The van der Waals surface area contributed by atoms with Gasteiger partial charge in [-0.3, -0.25) is 14.4 Å². The van der Waals surface area contributed by atoms with Crippen LogP contribution < -0.4 is 5.56 Å². The third-order valence-electron chi connectivity index (χ3n) is 4.83. The second-order valence-corrected chi connectivity index (χ2v) is 6.41. The molecule has 1 aliphatic rings. The van der Waals surface area contributed by atoms with Crippen LogP contribution in [0.2, 0.25) is 0 Å². The first-order valence-corrected chi connectivity index (χ1v) is 8.60. The van der Waals surface area contributed by atoms with E-state index in [-0.39, 0.29) is 17.5 Å². The Morgan fingerprint density at radius 1 is 1.24 bits per heavy atom. The monoisotopic (exact) mass is 335 g/mol. The molecule has 0 amide bonds. The van der Waals surface area contributed by atoms with E-state index in [9.17, 15) is 15.2 Å². The molecule has 1 N–H and O–H groups in total. The van der Waals surface area contributed by atoms with Gasteiger partial charge in [0.15, 0.2) is 0 Å². The second kappa shape index (κ2) is 7.35. The summed E-state index contributed by atoms with van der Waals surface area (Å²) in [5, 5.41) is 20.2. The lowest BCUT2D eigenvalue weighted by molar-refractivity contribution is 0.303. The number of rotatable bonds is 3. The molecule has 0 bridgehead atoms. The first-order chi connectivity index (χ1) is 12.1. The lowest BCUT2D eigenvalue weighted by atomic mass is 9.94. The van der Waals surface area contributed by atoms with Crippen molar-refractivity contribution < 1.29 is 5.11 Å². The van der Waals surface area contributed by atoms with Crippen LogP contribution in [0.5, 0.6) is 5.88 Å². The average Bonchev–Trinajstić information content (AvgIpc) is 2.64. The summed E-state index contributed by atoms with van der Waals surface area (Å²) in [4.78, 5) is 17.1. The molecule has 0 atom stereocenters. The molecule has 128 valence electrons. The smallest absolute Gasteiger partial charge is 0.271 e. The van der Waals surface area contributed by atoms with Gasteiger partial charge in [-0.2, -0.15) is 5.26 Å². The summed E-state index contributed by atoms with van der Waals surface area (Å²) in [6.07, 6.45) is 6.43. The number of nitrogens with zero attached hydrogens (tertiary/aromatic N) is 3. The Kier molecular flexibility index (Phi) is 4.99. The summed E-state index contributed by atoms with van der Waals surface area (Å²) >= 11 is 0. The zero-order valence-corrected chi connectivity index (χ0v) is 14.3. The number of hydrogen-bond acceptors (Lipinski definition) is 4. The molecule has 5 heteroatoms. The van der Waals surface area contributed by atoms with Gasteiger partial charge in [0.2, 0.25) is 5.88 Å². The van der Waals surface area contributed by atoms with E-state index in [1.807, 2.05) is 36.4 Å². The maximum Gasteiger partial charge on any atom is 0.271 e. The Morgan fingerprint density at radius 2 is 1.92 bits per heavy atom. The Hall–Kier alpha value is -2.87. The normalized spacial score (nSPS) is 15.4. The van der Waals surface area contributed by atoms with Gasteiger partial charge in [0.05, 0.1) is 11.3 Å². The minimum absolute atomic E-state index is 0.0576. The highest BCUT2D eigenvalue weighted by Crippen LogP contribution is 2.32. The first-order valence-electron chi connectivity index (χ1n) is 8.60. The van der Waals surface area contributed by atoms with Gasteiger partial charge in [-0.05, 0) is 37.5 Å². The summed E-state index contributed by atoms with van der Waals surface area (Å²) < 4.78 is 1.40. The zero-order chi connectivity index (χ0) is 17.8. The van der Waals surface area contributed by atoms with E-state index >= 15 is 0 Å². The fraction of sp³-hybridized carbons (Fsp3) is 0.350.